The molecule has 0 aromatic heterocycles. The highest BCUT2D eigenvalue weighted by Crippen LogP contribution is 2.35. The summed E-state index contributed by atoms with van der Waals surface area (Å²) in [4.78, 5) is 24.9. The zero-order valence-corrected chi connectivity index (χ0v) is 16.5. The molecule has 0 unspecified atom stereocenters. The van der Waals surface area contributed by atoms with Crippen molar-refractivity contribution < 1.29 is 40.7 Å². The number of anilines is 1. The SMILES string of the molecule is CCOC(=O)[C@@](NC(=O)c1ccccc1Cl)(Nc1ccc(C(F)(F)F)cc1)C(F)(F)F. The van der Waals surface area contributed by atoms with Gasteiger partial charge in [-0.05, 0) is 43.3 Å². The van der Waals surface area contributed by atoms with E-state index in [4.69, 9.17) is 11.6 Å². The molecular weight excluding hydrogens is 454 g/mol. The highest BCUT2D eigenvalue weighted by molar-refractivity contribution is 6.33. The molecule has 2 aromatic rings. The Morgan fingerprint density at radius 1 is 0.968 bits per heavy atom. The number of nitrogens with one attached hydrogen (secondary N) is 2. The van der Waals surface area contributed by atoms with E-state index in [2.05, 4.69) is 4.74 Å². The van der Waals surface area contributed by atoms with Gasteiger partial charge in [0.2, 0.25) is 0 Å². The molecule has 2 rings (SSSR count). The molecular formula is C19H15ClF6N2O3. The van der Waals surface area contributed by atoms with Crippen LogP contribution in [0.15, 0.2) is 48.5 Å². The standard InChI is InChI=1S/C19H15ClF6N2O3/c1-2-31-16(30)17(19(24,25)26,28-15(29)13-5-3-4-6-14(13)20)27-12-9-7-11(8-10-12)18(21,22)23/h3-10,27H,2H2,1H3,(H,28,29)/t17-/m0/s1. The third-order valence-corrected chi connectivity index (χ3v) is 4.30. The number of hydrogen-bond acceptors (Lipinski definition) is 4. The number of esters is 1. The number of benzene rings is 2. The molecule has 2 N–H and O–H groups in total. The molecule has 0 aliphatic heterocycles. The zero-order valence-electron chi connectivity index (χ0n) is 15.7. The van der Waals surface area contributed by atoms with Gasteiger partial charge in [0, 0.05) is 5.69 Å². The molecule has 0 fully saturated rings. The molecule has 5 nitrogen and oxygen atoms in total. The van der Waals surface area contributed by atoms with Crippen LogP contribution in [0.5, 0.6) is 0 Å². The minimum absolute atomic E-state index is 0.186. The predicted octanol–water partition coefficient (Wildman–Crippen LogP) is 5.02. The smallest absolute Gasteiger partial charge is 0.441 e. The number of carbonyl (C=O) groups is 2. The van der Waals surface area contributed by atoms with Gasteiger partial charge in [-0.25, -0.2) is 4.79 Å². The van der Waals surface area contributed by atoms with Crippen LogP contribution in [0.1, 0.15) is 22.8 Å². The summed E-state index contributed by atoms with van der Waals surface area (Å²) < 4.78 is 85.0. The fourth-order valence-corrected chi connectivity index (χ4v) is 2.69. The lowest BCUT2D eigenvalue weighted by Crippen LogP contribution is -2.69. The van der Waals surface area contributed by atoms with Crippen LogP contribution in [-0.4, -0.2) is 30.3 Å². The Morgan fingerprint density at radius 2 is 1.55 bits per heavy atom. The maximum atomic E-state index is 14.1. The van der Waals surface area contributed by atoms with Gasteiger partial charge >= 0.3 is 24.0 Å². The van der Waals surface area contributed by atoms with Gasteiger partial charge in [0.05, 0.1) is 22.8 Å². The van der Waals surface area contributed by atoms with Crippen LogP contribution >= 0.6 is 11.6 Å². The molecule has 1 atom stereocenters. The van der Waals surface area contributed by atoms with E-state index in [-0.39, 0.29) is 10.6 Å². The third kappa shape index (κ3) is 5.40. The van der Waals surface area contributed by atoms with Crippen molar-refractivity contribution in [3.63, 3.8) is 0 Å². The van der Waals surface area contributed by atoms with Crippen molar-refractivity contribution in [2.45, 2.75) is 24.9 Å². The van der Waals surface area contributed by atoms with Crippen LogP contribution < -0.4 is 10.6 Å². The lowest BCUT2D eigenvalue weighted by Gasteiger charge is -2.35. The number of carbonyl (C=O) groups excluding carboxylic acids is 2. The fraction of sp³-hybridized carbons (Fsp3) is 0.263. The summed E-state index contributed by atoms with van der Waals surface area (Å²) in [5.74, 6) is -3.28. The first kappa shape index (κ1) is 24.3. The van der Waals surface area contributed by atoms with Crippen molar-refractivity contribution in [1.29, 1.82) is 0 Å². The van der Waals surface area contributed by atoms with Crippen molar-refractivity contribution in [3.8, 4) is 0 Å². The van der Waals surface area contributed by atoms with E-state index in [1.165, 1.54) is 25.1 Å². The molecule has 0 bridgehead atoms. The molecule has 12 heteroatoms. The average Bonchev–Trinajstić information content (AvgIpc) is 2.66. The summed E-state index contributed by atoms with van der Waals surface area (Å²) in [7, 11) is 0. The Hall–Kier alpha value is -2.95. The van der Waals surface area contributed by atoms with Crippen molar-refractivity contribution in [1.82, 2.24) is 5.32 Å². The topological polar surface area (TPSA) is 67.4 Å². The summed E-state index contributed by atoms with van der Waals surface area (Å²) in [6.45, 7) is 0.778. The Bertz CT molecular complexity index is 947. The monoisotopic (exact) mass is 468 g/mol. The van der Waals surface area contributed by atoms with Crippen LogP contribution in [-0.2, 0) is 15.7 Å². The van der Waals surface area contributed by atoms with E-state index in [9.17, 15) is 35.9 Å². The lowest BCUT2D eigenvalue weighted by atomic mass is 10.1. The van der Waals surface area contributed by atoms with E-state index in [1.807, 2.05) is 0 Å². The molecule has 0 aliphatic rings. The van der Waals surface area contributed by atoms with Gasteiger partial charge in [0.25, 0.3) is 5.91 Å². The molecule has 31 heavy (non-hydrogen) atoms. The first-order valence-electron chi connectivity index (χ1n) is 8.58. The summed E-state index contributed by atoms with van der Waals surface area (Å²) >= 11 is 5.84. The van der Waals surface area contributed by atoms with Gasteiger partial charge in [-0.3, -0.25) is 4.79 Å². The summed E-state index contributed by atoms with van der Waals surface area (Å²) in [5.41, 5.74) is -5.82. The largest absolute Gasteiger partial charge is 0.463 e. The highest BCUT2D eigenvalue weighted by Gasteiger charge is 2.63. The Labute approximate surface area is 177 Å². The van der Waals surface area contributed by atoms with Gasteiger partial charge in [0.15, 0.2) is 0 Å². The quantitative estimate of drug-likeness (QED) is 0.355. The molecule has 0 spiro atoms. The van der Waals surface area contributed by atoms with Crippen molar-refractivity contribution in [2.24, 2.45) is 0 Å². The molecule has 2 aromatic carbocycles. The Kier molecular flexibility index (Phi) is 7.10. The lowest BCUT2D eigenvalue weighted by molar-refractivity contribution is -0.204. The van der Waals surface area contributed by atoms with Crippen LogP contribution in [0.4, 0.5) is 32.0 Å². The van der Waals surface area contributed by atoms with Gasteiger partial charge in [0.1, 0.15) is 0 Å². The van der Waals surface area contributed by atoms with E-state index in [0.717, 1.165) is 6.07 Å². The second-order valence-corrected chi connectivity index (χ2v) is 6.51. The van der Waals surface area contributed by atoms with Gasteiger partial charge < -0.3 is 15.4 Å². The molecule has 0 radical (unpaired) electrons. The first-order chi connectivity index (χ1) is 14.3. The zero-order chi connectivity index (χ0) is 23.4. The minimum atomic E-state index is -5.46. The maximum absolute atomic E-state index is 14.1. The van der Waals surface area contributed by atoms with Crippen molar-refractivity contribution in [2.75, 3.05) is 11.9 Å². The van der Waals surface area contributed by atoms with E-state index in [1.54, 1.807) is 10.6 Å². The number of rotatable bonds is 6. The number of halogens is 7. The second-order valence-electron chi connectivity index (χ2n) is 6.10. The van der Waals surface area contributed by atoms with Crippen LogP contribution in [0.25, 0.3) is 0 Å². The Balaban J connectivity index is 2.52. The van der Waals surface area contributed by atoms with E-state index < -0.39 is 47.7 Å². The van der Waals surface area contributed by atoms with Crippen LogP contribution in [0.2, 0.25) is 5.02 Å². The molecule has 0 saturated heterocycles. The molecule has 0 heterocycles. The third-order valence-electron chi connectivity index (χ3n) is 3.97. The first-order valence-corrected chi connectivity index (χ1v) is 8.96. The second kappa shape index (κ2) is 9.04. The van der Waals surface area contributed by atoms with Crippen LogP contribution in [0, 0.1) is 0 Å². The molecule has 1 amide bonds. The van der Waals surface area contributed by atoms with Gasteiger partial charge in [-0.15, -0.1) is 0 Å². The number of amides is 1. The summed E-state index contributed by atoms with van der Waals surface area (Å²) in [6.07, 6.45) is -10.2. The van der Waals surface area contributed by atoms with Gasteiger partial charge in [-0.2, -0.15) is 26.3 Å². The predicted molar refractivity (Wildman–Crippen MR) is 99.4 cm³/mol. The van der Waals surface area contributed by atoms with Crippen molar-refractivity contribution in [3.05, 3.63) is 64.7 Å². The fourth-order valence-electron chi connectivity index (χ4n) is 2.47. The molecule has 0 aliphatic carbocycles. The van der Waals surface area contributed by atoms with Crippen LogP contribution in [0.3, 0.4) is 0 Å². The number of alkyl halides is 6. The molecule has 168 valence electrons. The minimum Gasteiger partial charge on any atom is -0.463 e. The Morgan fingerprint density at radius 3 is 2.03 bits per heavy atom. The average molecular weight is 469 g/mol. The van der Waals surface area contributed by atoms with E-state index in [0.29, 0.717) is 24.3 Å². The van der Waals surface area contributed by atoms with E-state index >= 15 is 0 Å². The number of hydrogen-bond donors (Lipinski definition) is 2. The normalized spacial score (nSPS) is 13.8. The summed E-state index contributed by atoms with van der Waals surface area (Å²) in [6, 6.07) is 7.55. The molecule has 0 saturated carbocycles. The summed E-state index contributed by atoms with van der Waals surface area (Å²) in [5, 5.41) is 3.14. The van der Waals surface area contributed by atoms with Gasteiger partial charge in [-0.1, -0.05) is 23.7 Å². The highest BCUT2D eigenvalue weighted by atomic mass is 35.5. The maximum Gasteiger partial charge on any atom is 0.441 e. The number of ether oxygens (including phenoxy) is 1. The van der Waals surface area contributed by atoms with Crippen molar-refractivity contribution >= 4 is 29.2 Å².